The van der Waals surface area contributed by atoms with Gasteiger partial charge in [0, 0.05) is 34.7 Å². The van der Waals surface area contributed by atoms with E-state index in [0.717, 1.165) is 21.4 Å². The van der Waals surface area contributed by atoms with Crippen LogP contribution in [0.4, 0.5) is 0 Å². The van der Waals surface area contributed by atoms with E-state index in [2.05, 4.69) is 16.8 Å². The average Bonchev–Trinajstić information content (AvgIpc) is 2.89. The van der Waals surface area contributed by atoms with Crippen LogP contribution < -0.4 is 5.56 Å². The van der Waals surface area contributed by atoms with Crippen molar-refractivity contribution >= 4 is 27.9 Å². The number of benzene rings is 1. The average molecular weight is 348 g/mol. The van der Waals surface area contributed by atoms with Crippen molar-refractivity contribution in [2.45, 2.75) is 26.4 Å². The fourth-order valence-corrected chi connectivity index (χ4v) is 3.59. The van der Waals surface area contributed by atoms with Crippen LogP contribution in [-0.2, 0) is 6.54 Å². The minimum atomic E-state index is -0.0173. The van der Waals surface area contributed by atoms with Crippen LogP contribution in [-0.4, -0.2) is 21.3 Å². The fourth-order valence-electron chi connectivity index (χ4n) is 2.57. The molecule has 1 aromatic carbocycles. The van der Waals surface area contributed by atoms with Gasteiger partial charge >= 0.3 is 0 Å². The molecule has 0 amide bonds. The Morgan fingerprint density at radius 2 is 2.04 bits per heavy atom. The van der Waals surface area contributed by atoms with Gasteiger partial charge in [-0.25, -0.2) is 4.98 Å². The molecule has 0 bridgehead atoms. The molecule has 0 aliphatic carbocycles. The third kappa shape index (κ3) is 3.32. The lowest BCUT2D eigenvalue weighted by molar-refractivity contribution is 0.250. The second kappa shape index (κ2) is 6.43. The van der Waals surface area contributed by atoms with Crippen molar-refractivity contribution in [3.05, 3.63) is 68.0 Å². The lowest BCUT2D eigenvalue weighted by atomic mass is 10.1. The van der Waals surface area contributed by atoms with Crippen LogP contribution in [0.25, 0.3) is 4.96 Å². The van der Waals surface area contributed by atoms with Crippen LogP contribution >= 0.6 is 22.9 Å². The molecule has 0 N–H and O–H groups in total. The molecule has 23 heavy (non-hydrogen) atoms. The Balaban J connectivity index is 1.83. The predicted octanol–water partition coefficient (Wildman–Crippen LogP) is 3.91. The topological polar surface area (TPSA) is 37.6 Å². The third-order valence-electron chi connectivity index (χ3n) is 4.05. The standard InChI is InChI=1S/C17H18ClN3OS/c1-11-10-23-17-19-15(8-16(22)21(11)17)9-20(3)12(2)13-4-6-14(18)7-5-13/h4-8,10,12H,9H2,1-3H3/t12-/m1/s1. The molecule has 0 unspecified atom stereocenters. The molecule has 0 radical (unpaired) electrons. The van der Waals surface area contributed by atoms with Crippen LogP contribution in [0.1, 0.15) is 29.9 Å². The molecule has 0 aliphatic heterocycles. The van der Waals surface area contributed by atoms with Crippen LogP contribution in [0.15, 0.2) is 40.5 Å². The lowest BCUT2D eigenvalue weighted by Gasteiger charge is -2.24. The van der Waals surface area contributed by atoms with Gasteiger partial charge in [-0.05, 0) is 38.6 Å². The molecule has 0 spiro atoms. The maximum Gasteiger partial charge on any atom is 0.259 e. The predicted molar refractivity (Wildman–Crippen MR) is 95.4 cm³/mol. The normalized spacial score (nSPS) is 12.9. The molecule has 3 aromatic rings. The van der Waals surface area contributed by atoms with Crippen molar-refractivity contribution in [2.24, 2.45) is 0 Å². The summed E-state index contributed by atoms with van der Waals surface area (Å²) in [5, 5.41) is 2.69. The first-order valence-corrected chi connectivity index (χ1v) is 8.64. The Kier molecular flexibility index (Phi) is 4.53. The highest BCUT2D eigenvalue weighted by Gasteiger charge is 2.14. The summed E-state index contributed by atoms with van der Waals surface area (Å²) < 4.78 is 1.65. The van der Waals surface area contributed by atoms with E-state index >= 15 is 0 Å². The van der Waals surface area contributed by atoms with Gasteiger partial charge in [-0.3, -0.25) is 14.1 Å². The van der Waals surface area contributed by atoms with Gasteiger partial charge < -0.3 is 0 Å². The summed E-state index contributed by atoms with van der Waals surface area (Å²) in [4.78, 5) is 19.8. The summed E-state index contributed by atoms with van der Waals surface area (Å²) >= 11 is 7.44. The zero-order valence-corrected chi connectivity index (χ0v) is 14.9. The lowest BCUT2D eigenvalue weighted by Crippen LogP contribution is -2.24. The monoisotopic (exact) mass is 347 g/mol. The van der Waals surface area contributed by atoms with Crippen LogP contribution in [0, 0.1) is 6.92 Å². The number of aromatic nitrogens is 2. The summed E-state index contributed by atoms with van der Waals surface area (Å²) in [7, 11) is 2.03. The van der Waals surface area contributed by atoms with E-state index in [1.54, 1.807) is 10.5 Å². The van der Waals surface area contributed by atoms with E-state index in [9.17, 15) is 4.79 Å². The second-order valence-corrected chi connectivity index (χ2v) is 7.00. The highest BCUT2D eigenvalue weighted by molar-refractivity contribution is 7.15. The second-order valence-electron chi connectivity index (χ2n) is 5.72. The molecular formula is C17H18ClN3OS. The minimum absolute atomic E-state index is 0.0173. The zero-order chi connectivity index (χ0) is 16.6. The number of rotatable bonds is 4. The Hall–Kier alpha value is -1.69. The van der Waals surface area contributed by atoms with Gasteiger partial charge in [0.05, 0.1) is 5.69 Å². The van der Waals surface area contributed by atoms with Crippen LogP contribution in [0.3, 0.4) is 0 Å². The molecule has 1 atom stereocenters. The summed E-state index contributed by atoms with van der Waals surface area (Å²) in [5.74, 6) is 0. The van der Waals surface area contributed by atoms with E-state index in [0.29, 0.717) is 6.54 Å². The third-order valence-corrected chi connectivity index (χ3v) is 5.25. The van der Waals surface area contributed by atoms with Crippen LogP contribution in [0.2, 0.25) is 5.02 Å². The first kappa shape index (κ1) is 16.2. The van der Waals surface area contributed by atoms with Gasteiger partial charge in [0.15, 0.2) is 4.96 Å². The SMILES string of the molecule is Cc1csc2nc(CN(C)[C@H](C)c3ccc(Cl)cc3)cc(=O)n12. The van der Waals surface area contributed by atoms with E-state index in [-0.39, 0.29) is 11.6 Å². The Labute approximate surface area is 144 Å². The minimum Gasteiger partial charge on any atom is -0.294 e. The number of aryl methyl sites for hydroxylation is 1. The number of hydrogen-bond acceptors (Lipinski definition) is 4. The molecule has 0 saturated heterocycles. The van der Waals surface area contributed by atoms with Crippen molar-refractivity contribution < 1.29 is 0 Å². The summed E-state index contributed by atoms with van der Waals surface area (Å²) in [6.45, 7) is 4.66. The quantitative estimate of drug-likeness (QED) is 0.718. The Morgan fingerprint density at radius 1 is 1.35 bits per heavy atom. The van der Waals surface area contributed by atoms with Crippen molar-refractivity contribution in [1.29, 1.82) is 0 Å². The maximum absolute atomic E-state index is 12.2. The number of fused-ring (bicyclic) bond motifs is 1. The molecule has 2 heterocycles. The first-order valence-electron chi connectivity index (χ1n) is 7.38. The number of hydrogen-bond donors (Lipinski definition) is 0. The number of halogens is 1. The van der Waals surface area contributed by atoms with Crippen molar-refractivity contribution in [1.82, 2.24) is 14.3 Å². The van der Waals surface area contributed by atoms with Gasteiger partial charge in [-0.1, -0.05) is 23.7 Å². The van der Waals surface area contributed by atoms with Crippen molar-refractivity contribution in [3.63, 3.8) is 0 Å². The van der Waals surface area contributed by atoms with Gasteiger partial charge in [-0.2, -0.15) is 0 Å². The Morgan fingerprint density at radius 3 is 2.74 bits per heavy atom. The van der Waals surface area contributed by atoms with E-state index in [1.807, 2.05) is 43.6 Å². The van der Waals surface area contributed by atoms with Gasteiger partial charge in [0.1, 0.15) is 0 Å². The van der Waals surface area contributed by atoms with Gasteiger partial charge in [0.25, 0.3) is 5.56 Å². The largest absolute Gasteiger partial charge is 0.294 e. The molecule has 2 aromatic heterocycles. The Bertz CT molecular complexity index is 885. The molecule has 3 rings (SSSR count). The summed E-state index contributed by atoms with van der Waals surface area (Å²) in [5.41, 5.74) is 2.88. The molecular weight excluding hydrogens is 330 g/mol. The zero-order valence-electron chi connectivity index (χ0n) is 13.3. The number of thiazole rings is 1. The summed E-state index contributed by atoms with van der Waals surface area (Å²) in [6, 6.07) is 9.67. The van der Waals surface area contributed by atoms with E-state index in [4.69, 9.17) is 11.6 Å². The molecule has 0 saturated carbocycles. The maximum atomic E-state index is 12.2. The highest BCUT2D eigenvalue weighted by atomic mass is 35.5. The van der Waals surface area contributed by atoms with E-state index in [1.165, 1.54) is 16.9 Å². The van der Waals surface area contributed by atoms with Gasteiger partial charge in [-0.15, -0.1) is 11.3 Å². The molecule has 6 heteroatoms. The summed E-state index contributed by atoms with van der Waals surface area (Å²) in [6.07, 6.45) is 0. The molecule has 0 fully saturated rings. The first-order chi connectivity index (χ1) is 11.0. The molecule has 120 valence electrons. The fraction of sp³-hybridized carbons (Fsp3) is 0.294. The van der Waals surface area contributed by atoms with E-state index < -0.39 is 0 Å². The van der Waals surface area contributed by atoms with Crippen molar-refractivity contribution in [3.8, 4) is 0 Å². The smallest absolute Gasteiger partial charge is 0.259 e. The molecule has 4 nitrogen and oxygen atoms in total. The van der Waals surface area contributed by atoms with Gasteiger partial charge in [0.2, 0.25) is 0 Å². The highest BCUT2D eigenvalue weighted by Crippen LogP contribution is 2.22. The van der Waals surface area contributed by atoms with Crippen molar-refractivity contribution in [2.75, 3.05) is 7.05 Å². The molecule has 0 aliphatic rings. The number of nitrogens with zero attached hydrogens (tertiary/aromatic N) is 3. The van der Waals surface area contributed by atoms with Crippen LogP contribution in [0.5, 0.6) is 0 Å².